The molecule has 0 saturated heterocycles. The van der Waals surface area contributed by atoms with Crippen LogP contribution < -0.4 is 9.47 Å². The molecule has 0 fully saturated rings. The van der Waals surface area contributed by atoms with Crippen LogP contribution in [0.1, 0.15) is 19.6 Å². The second-order valence-corrected chi connectivity index (χ2v) is 3.24. The Morgan fingerprint density at radius 1 is 1.17 bits per heavy atom. The highest BCUT2D eigenvalue weighted by atomic mass is 16.5. The van der Waals surface area contributed by atoms with Gasteiger partial charge in [0.05, 0.1) is 19.6 Å². The minimum Gasteiger partial charge on any atom is -0.504 e. The van der Waals surface area contributed by atoms with Crippen LogP contribution in [-0.4, -0.2) is 24.4 Å². The average Bonchev–Trinajstić information content (AvgIpc) is 2.76. The standard InChI is InChI=1S/C11H12O5.C2H6/c1-14-6-3-7-10(13)9(5-12)16-11(7)8(4-6)15-2;1-2/h3-4,12-13H,5H2,1-2H3;1-2H3. The summed E-state index contributed by atoms with van der Waals surface area (Å²) in [5.41, 5.74) is 0.393. The van der Waals surface area contributed by atoms with Crippen LogP contribution in [0.25, 0.3) is 11.0 Å². The van der Waals surface area contributed by atoms with Crippen LogP contribution in [0, 0.1) is 0 Å². The van der Waals surface area contributed by atoms with Gasteiger partial charge in [-0.2, -0.15) is 0 Å². The summed E-state index contributed by atoms with van der Waals surface area (Å²) in [7, 11) is 3.01. The zero-order chi connectivity index (χ0) is 13.7. The smallest absolute Gasteiger partial charge is 0.180 e. The third-order valence-electron chi connectivity index (χ3n) is 2.37. The highest BCUT2D eigenvalue weighted by Gasteiger charge is 2.17. The van der Waals surface area contributed by atoms with E-state index in [0.29, 0.717) is 22.5 Å². The molecule has 2 rings (SSSR count). The number of hydrogen-bond donors (Lipinski definition) is 2. The molecule has 2 N–H and O–H groups in total. The fourth-order valence-corrected chi connectivity index (χ4v) is 1.56. The number of aromatic hydroxyl groups is 1. The van der Waals surface area contributed by atoms with Gasteiger partial charge in [-0.3, -0.25) is 0 Å². The fraction of sp³-hybridized carbons (Fsp3) is 0.385. The molecule has 0 radical (unpaired) electrons. The van der Waals surface area contributed by atoms with Gasteiger partial charge in [0.25, 0.3) is 0 Å². The fourth-order valence-electron chi connectivity index (χ4n) is 1.56. The SMILES string of the molecule is CC.COc1cc(OC)c2oc(CO)c(O)c2c1. The van der Waals surface area contributed by atoms with E-state index >= 15 is 0 Å². The van der Waals surface area contributed by atoms with Gasteiger partial charge in [-0.05, 0) is 6.07 Å². The molecule has 100 valence electrons. The second-order valence-electron chi connectivity index (χ2n) is 3.24. The second kappa shape index (κ2) is 6.16. The first-order valence-electron chi connectivity index (χ1n) is 5.68. The predicted octanol–water partition coefficient (Wildman–Crippen LogP) is 2.67. The van der Waals surface area contributed by atoms with E-state index in [4.69, 9.17) is 19.0 Å². The molecule has 1 aromatic heterocycles. The van der Waals surface area contributed by atoms with Gasteiger partial charge < -0.3 is 24.1 Å². The summed E-state index contributed by atoms with van der Waals surface area (Å²) < 4.78 is 15.5. The summed E-state index contributed by atoms with van der Waals surface area (Å²) in [6.45, 7) is 3.63. The molecule has 0 aliphatic heterocycles. The van der Waals surface area contributed by atoms with E-state index in [1.54, 1.807) is 12.1 Å². The number of furan rings is 1. The minimum absolute atomic E-state index is 0.0882. The Morgan fingerprint density at radius 2 is 1.83 bits per heavy atom. The molecule has 0 amide bonds. The van der Waals surface area contributed by atoms with Crippen molar-refractivity contribution in [3.8, 4) is 17.2 Å². The minimum atomic E-state index is -0.369. The Labute approximate surface area is 106 Å². The van der Waals surface area contributed by atoms with Crippen LogP contribution in [0.5, 0.6) is 17.2 Å². The molecule has 5 heteroatoms. The predicted molar refractivity (Wildman–Crippen MR) is 68.3 cm³/mol. The Kier molecular flexibility index (Phi) is 4.85. The van der Waals surface area contributed by atoms with Crippen molar-refractivity contribution in [1.82, 2.24) is 0 Å². The molecule has 0 spiro atoms. The van der Waals surface area contributed by atoms with E-state index in [1.165, 1.54) is 14.2 Å². The van der Waals surface area contributed by atoms with Crippen molar-refractivity contribution in [2.24, 2.45) is 0 Å². The summed E-state index contributed by atoms with van der Waals surface area (Å²) in [6, 6.07) is 3.27. The first-order valence-corrected chi connectivity index (χ1v) is 5.68. The molecule has 0 aliphatic rings. The normalized spacial score (nSPS) is 9.83. The number of aliphatic hydroxyl groups is 1. The van der Waals surface area contributed by atoms with Crippen molar-refractivity contribution in [3.05, 3.63) is 17.9 Å². The molecule has 1 aromatic carbocycles. The van der Waals surface area contributed by atoms with Gasteiger partial charge >= 0.3 is 0 Å². The van der Waals surface area contributed by atoms with Crippen LogP contribution >= 0.6 is 0 Å². The van der Waals surface area contributed by atoms with E-state index in [9.17, 15) is 5.11 Å². The average molecular weight is 254 g/mol. The lowest BCUT2D eigenvalue weighted by Gasteiger charge is -2.04. The zero-order valence-electron chi connectivity index (χ0n) is 11.0. The Hall–Kier alpha value is -1.88. The van der Waals surface area contributed by atoms with Crippen molar-refractivity contribution in [1.29, 1.82) is 0 Å². The van der Waals surface area contributed by atoms with E-state index < -0.39 is 0 Å². The molecule has 0 atom stereocenters. The molecular formula is C13H18O5. The van der Waals surface area contributed by atoms with Crippen molar-refractivity contribution in [2.45, 2.75) is 20.5 Å². The molecule has 0 saturated carbocycles. The lowest BCUT2D eigenvalue weighted by molar-refractivity contribution is 0.242. The first kappa shape index (κ1) is 14.2. The van der Waals surface area contributed by atoms with Crippen molar-refractivity contribution < 1.29 is 24.1 Å². The van der Waals surface area contributed by atoms with Crippen LogP contribution in [0.2, 0.25) is 0 Å². The number of hydrogen-bond acceptors (Lipinski definition) is 5. The van der Waals surface area contributed by atoms with Gasteiger partial charge in [0, 0.05) is 6.07 Å². The summed E-state index contributed by atoms with van der Waals surface area (Å²) in [4.78, 5) is 0. The molecule has 0 unspecified atom stereocenters. The summed E-state index contributed by atoms with van der Waals surface area (Å²) in [5.74, 6) is 1.02. The highest BCUT2D eigenvalue weighted by Crippen LogP contribution is 2.40. The lowest BCUT2D eigenvalue weighted by atomic mass is 10.2. The monoisotopic (exact) mass is 254 g/mol. The quantitative estimate of drug-likeness (QED) is 0.881. The van der Waals surface area contributed by atoms with Crippen LogP contribution in [0.3, 0.4) is 0 Å². The number of aliphatic hydroxyl groups excluding tert-OH is 1. The number of methoxy groups -OCH3 is 2. The molecule has 0 bridgehead atoms. The van der Waals surface area contributed by atoms with E-state index in [1.807, 2.05) is 13.8 Å². The molecule has 5 nitrogen and oxygen atoms in total. The van der Waals surface area contributed by atoms with E-state index in [-0.39, 0.29) is 18.1 Å². The molecule has 18 heavy (non-hydrogen) atoms. The van der Waals surface area contributed by atoms with Crippen molar-refractivity contribution in [2.75, 3.05) is 14.2 Å². The van der Waals surface area contributed by atoms with Crippen LogP contribution in [0.4, 0.5) is 0 Å². The van der Waals surface area contributed by atoms with Gasteiger partial charge in [0.2, 0.25) is 0 Å². The number of benzene rings is 1. The Bertz CT molecular complexity index is 516. The number of fused-ring (bicyclic) bond motifs is 1. The third-order valence-corrected chi connectivity index (χ3v) is 2.37. The first-order chi connectivity index (χ1) is 8.71. The number of ether oxygens (including phenoxy) is 2. The van der Waals surface area contributed by atoms with E-state index in [0.717, 1.165) is 0 Å². The maximum Gasteiger partial charge on any atom is 0.180 e. The zero-order valence-corrected chi connectivity index (χ0v) is 11.0. The molecule has 2 aromatic rings. The van der Waals surface area contributed by atoms with Gasteiger partial charge in [0.1, 0.15) is 12.4 Å². The van der Waals surface area contributed by atoms with Crippen LogP contribution in [0.15, 0.2) is 16.5 Å². The maximum absolute atomic E-state index is 9.76. The molecule has 1 heterocycles. The molecule has 0 aliphatic carbocycles. The van der Waals surface area contributed by atoms with Gasteiger partial charge in [-0.25, -0.2) is 0 Å². The largest absolute Gasteiger partial charge is 0.504 e. The van der Waals surface area contributed by atoms with Crippen LogP contribution in [-0.2, 0) is 6.61 Å². The Morgan fingerprint density at radius 3 is 2.33 bits per heavy atom. The summed E-state index contributed by atoms with van der Waals surface area (Å²) in [6.07, 6.45) is 0. The molecular weight excluding hydrogens is 236 g/mol. The summed E-state index contributed by atoms with van der Waals surface area (Å²) in [5, 5.41) is 19.2. The third kappa shape index (κ3) is 2.36. The topological polar surface area (TPSA) is 72.1 Å². The summed E-state index contributed by atoms with van der Waals surface area (Å²) >= 11 is 0. The van der Waals surface area contributed by atoms with Gasteiger partial charge in [0.15, 0.2) is 22.8 Å². The maximum atomic E-state index is 9.76. The van der Waals surface area contributed by atoms with Crippen molar-refractivity contribution in [3.63, 3.8) is 0 Å². The van der Waals surface area contributed by atoms with Gasteiger partial charge in [-0.1, -0.05) is 13.8 Å². The lowest BCUT2D eigenvalue weighted by Crippen LogP contribution is -1.86. The highest BCUT2D eigenvalue weighted by molar-refractivity contribution is 5.91. The van der Waals surface area contributed by atoms with E-state index in [2.05, 4.69) is 0 Å². The number of rotatable bonds is 3. The Balaban J connectivity index is 0.000000771. The van der Waals surface area contributed by atoms with Crippen molar-refractivity contribution >= 4 is 11.0 Å². The van der Waals surface area contributed by atoms with Gasteiger partial charge in [-0.15, -0.1) is 0 Å².